The Morgan fingerprint density at radius 3 is 2.00 bits per heavy atom. The molecular formula is C2H5NaO2+2. The van der Waals surface area contributed by atoms with Crippen molar-refractivity contribution in [2.75, 3.05) is 0 Å². The van der Waals surface area contributed by atoms with Gasteiger partial charge in [-0.3, -0.25) is 4.79 Å². The van der Waals surface area contributed by atoms with Gasteiger partial charge in [-0.15, -0.1) is 0 Å². The average molecular weight is 84.1 g/mol. The summed E-state index contributed by atoms with van der Waals surface area (Å²) in [5, 5.41) is 7.42. The van der Waals surface area contributed by atoms with Crippen LogP contribution < -0.4 is 29.6 Å². The van der Waals surface area contributed by atoms with Gasteiger partial charge >= 0.3 is 31.0 Å². The third-order valence-electron chi connectivity index (χ3n) is 0. The van der Waals surface area contributed by atoms with E-state index in [1.807, 2.05) is 0 Å². The molecular weight excluding hydrogens is 79.0 g/mol. The Bertz CT molecular complexity index is 34.5. The summed E-state index contributed by atoms with van der Waals surface area (Å²) < 4.78 is 0. The Morgan fingerprint density at radius 2 is 2.00 bits per heavy atom. The average Bonchev–Trinajstić information content (AvgIpc) is 0.811. The van der Waals surface area contributed by atoms with Gasteiger partial charge < -0.3 is 5.11 Å². The van der Waals surface area contributed by atoms with E-state index in [9.17, 15) is 0 Å². The van der Waals surface area contributed by atoms with Gasteiger partial charge in [0.1, 0.15) is 0 Å². The Labute approximate surface area is 54.0 Å². The second-order valence-electron chi connectivity index (χ2n) is 0.519. The number of rotatable bonds is 0. The summed E-state index contributed by atoms with van der Waals surface area (Å²) >= 11 is 0. The van der Waals surface area contributed by atoms with Crippen LogP contribution >= 0.6 is 0 Å². The van der Waals surface area contributed by atoms with Crippen molar-refractivity contribution in [1.82, 2.24) is 0 Å². The Morgan fingerprint density at radius 1 is 2.00 bits per heavy atom. The minimum Gasteiger partial charge on any atom is -0.481 e. The van der Waals surface area contributed by atoms with Crippen LogP contribution in [0.3, 0.4) is 0 Å². The molecule has 0 saturated heterocycles. The summed E-state index contributed by atoms with van der Waals surface area (Å²) in [7, 11) is 0. The molecule has 0 amide bonds. The predicted molar refractivity (Wildman–Crippen MR) is 14.4 cm³/mol. The number of carbonyl (C=O) groups is 1. The molecule has 0 aromatic heterocycles. The van der Waals surface area contributed by atoms with E-state index in [1.54, 1.807) is 0 Å². The van der Waals surface area contributed by atoms with Crippen LogP contribution in [0.1, 0.15) is 8.35 Å². The van der Waals surface area contributed by atoms with Crippen LogP contribution in [0.2, 0.25) is 0 Å². The topological polar surface area (TPSA) is 37.3 Å². The van der Waals surface area contributed by atoms with Crippen molar-refractivity contribution in [2.45, 2.75) is 6.92 Å². The number of hydrogen-bond donors (Lipinski definition) is 1. The van der Waals surface area contributed by atoms with E-state index < -0.39 is 5.97 Å². The van der Waals surface area contributed by atoms with Gasteiger partial charge in [-0.2, -0.15) is 0 Å². The number of carboxylic acids is 1. The summed E-state index contributed by atoms with van der Waals surface area (Å²) in [5.74, 6) is -0.833. The molecule has 0 heterocycles. The van der Waals surface area contributed by atoms with Gasteiger partial charge in [0.25, 0.3) is 5.97 Å². The number of aliphatic carboxylic acids is 1. The molecule has 0 aromatic carbocycles. The van der Waals surface area contributed by atoms with Crippen LogP contribution in [0, 0.1) is 0 Å². The molecule has 0 atom stereocenters. The van der Waals surface area contributed by atoms with Crippen LogP contribution in [-0.4, -0.2) is 11.1 Å². The van der Waals surface area contributed by atoms with Gasteiger partial charge in [-0.05, 0) is 0 Å². The van der Waals surface area contributed by atoms with Gasteiger partial charge in [0.2, 0.25) is 0 Å². The van der Waals surface area contributed by atoms with E-state index in [0.29, 0.717) is 0 Å². The van der Waals surface area contributed by atoms with E-state index in [2.05, 4.69) is 0 Å². The van der Waals surface area contributed by atoms with Crippen molar-refractivity contribution in [2.24, 2.45) is 0 Å². The van der Waals surface area contributed by atoms with Crippen molar-refractivity contribution in [3.63, 3.8) is 0 Å². The summed E-state index contributed by atoms with van der Waals surface area (Å²) in [6, 6.07) is 0. The molecule has 0 radical (unpaired) electrons. The number of hydrogen-bond acceptors (Lipinski definition) is 1. The molecule has 0 rings (SSSR count). The first-order chi connectivity index (χ1) is 1.73. The summed E-state index contributed by atoms with van der Waals surface area (Å²) in [5.41, 5.74) is 0. The molecule has 0 spiro atoms. The summed E-state index contributed by atoms with van der Waals surface area (Å²) in [6.07, 6.45) is 0. The normalized spacial score (nSPS) is 5.00. The molecule has 24 valence electrons. The largest absolute Gasteiger partial charge is 1.00 e. The maximum absolute atomic E-state index is 9.00. The molecule has 0 aromatic rings. The first kappa shape index (κ1) is 9.08. The van der Waals surface area contributed by atoms with E-state index in [4.69, 9.17) is 9.90 Å². The maximum Gasteiger partial charge on any atom is 1.00 e. The second kappa shape index (κ2) is 4.47. The third kappa shape index (κ3) is 123. The molecule has 2 nitrogen and oxygen atoms in total. The minimum atomic E-state index is -0.833. The molecule has 0 fully saturated rings. The van der Waals surface area contributed by atoms with Gasteiger partial charge in [0.15, 0.2) is 0 Å². The van der Waals surface area contributed by atoms with E-state index >= 15 is 0 Å². The van der Waals surface area contributed by atoms with Crippen molar-refractivity contribution in [1.29, 1.82) is 0 Å². The Hall–Kier alpha value is 0.470. The van der Waals surface area contributed by atoms with Crippen LogP contribution in [0.25, 0.3) is 0 Å². The summed E-state index contributed by atoms with van der Waals surface area (Å²) in [4.78, 5) is 9.00. The standard InChI is InChI=1S/C2H4O2.Na/c1-2(3)4;/h1H3,(H,3,4);/q;+1/p+1. The second-order valence-corrected chi connectivity index (χ2v) is 0.519. The van der Waals surface area contributed by atoms with Crippen molar-refractivity contribution >= 4 is 5.97 Å². The molecule has 0 aliphatic carbocycles. The molecule has 5 heavy (non-hydrogen) atoms. The summed E-state index contributed by atoms with van der Waals surface area (Å²) in [6.45, 7) is 1.08. The molecule has 0 bridgehead atoms. The van der Waals surface area contributed by atoms with Gasteiger partial charge in [0, 0.05) is 6.92 Å². The fourth-order valence-electron chi connectivity index (χ4n) is 0. The number of carboxylic acid groups (broad SMARTS) is 1. The van der Waals surface area contributed by atoms with Crippen molar-refractivity contribution < 1.29 is 40.9 Å². The van der Waals surface area contributed by atoms with E-state index in [-0.39, 0.29) is 31.0 Å². The van der Waals surface area contributed by atoms with Gasteiger partial charge in [0.05, 0.1) is 0 Å². The van der Waals surface area contributed by atoms with Gasteiger partial charge in [-0.25, -0.2) is 0 Å². The molecule has 0 aliphatic heterocycles. The van der Waals surface area contributed by atoms with Crippen LogP contribution in [0.15, 0.2) is 0 Å². The quantitative estimate of drug-likeness (QED) is 0.322. The smallest absolute Gasteiger partial charge is 0.481 e. The fraction of sp³-hybridized carbons (Fsp3) is 0.500. The van der Waals surface area contributed by atoms with Gasteiger partial charge in [-0.1, -0.05) is 0 Å². The Kier molecular flexibility index (Phi) is 8.11. The zero-order chi connectivity index (χ0) is 3.58. The first-order valence-corrected chi connectivity index (χ1v) is 0.928. The Balaban J connectivity index is -0.0000000450. The monoisotopic (exact) mass is 84.0 g/mol. The van der Waals surface area contributed by atoms with Crippen LogP contribution in [0.5, 0.6) is 0 Å². The SMILES string of the molecule is CC(=O)O.[H+].[Na+]. The van der Waals surface area contributed by atoms with Crippen LogP contribution in [0.4, 0.5) is 0 Å². The zero-order valence-electron chi connectivity index (χ0n) is 4.36. The fourth-order valence-corrected chi connectivity index (χ4v) is 0. The maximum atomic E-state index is 9.00. The molecule has 0 saturated carbocycles. The van der Waals surface area contributed by atoms with E-state index in [0.717, 1.165) is 6.92 Å². The van der Waals surface area contributed by atoms with Crippen LogP contribution in [-0.2, 0) is 4.79 Å². The minimum absolute atomic E-state index is 0. The third-order valence-corrected chi connectivity index (χ3v) is 0. The molecule has 3 heteroatoms. The zero-order valence-corrected chi connectivity index (χ0v) is 5.36. The molecule has 0 unspecified atom stereocenters. The molecule has 1 N–H and O–H groups in total. The predicted octanol–water partition coefficient (Wildman–Crippen LogP) is -2.79. The first-order valence-electron chi connectivity index (χ1n) is 0.928. The molecule has 0 aliphatic rings. The van der Waals surface area contributed by atoms with E-state index in [1.165, 1.54) is 0 Å². The van der Waals surface area contributed by atoms with Crippen molar-refractivity contribution in [3.05, 3.63) is 0 Å². The van der Waals surface area contributed by atoms with Crippen molar-refractivity contribution in [3.8, 4) is 0 Å².